The molecule has 3 nitrogen and oxygen atoms in total. The maximum Gasteiger partial charge on any atom is 0.0591 e. The number of hydrogen-bond acceptors (Lipinski definition) is 3. The van der Waals surface area contributed by atoms with Gasteiger partial charge in [0.2, 0.25) is 0 Å². The van der Waals surface area contributed by atoms with Crippen LogP contribution in [0.1, 0.15) is 13.8 Å². The molecule has 1 fully saturated rings. The average Bonchev–Trinajstić information content (AvgIpc) is 2.09. The lowest BCUT2D eigenvalue weighted by Gasteiger charge is -2.10. The van der Waals surface area contributed by atoms with Crippen molar-refractivity contribution in [3.8, 4) is 0 Å². The molecule has 1 aliphatic heterocycles. The SMILES string of the molecule is C1COCCN1.COC(C)C. The van der Waals surface area contributed by atoms with E-state index in [0.717, 1.165) is 26.3 Å². The van der Waals surface area contributed by atoms with Crippen molar-refractivity contribution in [2.45, 2.75) is 20.0 Å². The molecular formula is C8H19NO2. The Hall–Kier alpha value is -0.120. The van der Waals surface area contributed by atoms with Gasteiger partial charge in [0.25, 0.3) is 0 Å². The quantitative estimate of drug-likeness (QED) is 0.612. The zero-order valence-corrected chi connectivity index (χ0v) is 7.72. The largest absolute Gasteiger partial charge is 0.382 e. The molecule has 1 heterocycles. The van der Waals surface area contributed by atoms with Crippen molar-refractivity contribution in [1.82, 2.24) is 5.32 Å². The molecule has 1 N–H and O–H groups in total. The van der Waals surface area contributed by atoms with Crippen LogP contribution in [0.4, 0.5) is 0 Å². The van der Waals surface area contributed by atoms with E-state index in [9.17, 15) is 0 Å². The van der Waals surface area contributed by atoms with Gasteiger partial charge in [0.1, 0.15) is 0 Å². The molecule has 0 aromatic heterocycles. The lowest BCUT2D eigenvalue weighted by atomic mass is 10.5. The van der Waals surface area contributed by atoms with E-state index >= 15 is 0 Å². The Morgan fingerprint density at radius 1 is 1.27 bits per heavy atom. The van der Waals surface area contributed by atoms with E-state index in [2.05, 4.69) is 5.32 Å². The first-order valence-electron chi connectivity index (χ1n) is 4.08. The third kappa shape index (κ3) is 9.88. The molecule has 0 unspecified atom stereocenters. The molecule has 0 atom stereocenters. The van der Waals surface area contributed by atoms with Crippen LogP contribution in [-0.2, 0) is 9.47 Å². The Morgan fingerprint density at radius 2 is 1.73 bits per heavy atom. The Labute approximate surface area is 69.1 Å². The first-order chi connectivity index (χ1) is 5.27. The van der Waals surface area contributed by atoms with E-state index in [1.165, 1.54) is 0 Å². The van der Waals surface area contributed by atoms with Crippen molar-refractivity contribution in [3.63, 3.8) is 0 Å². The molecule has 0 aromatic carbocycles. The van der Waals surface area contributed by atoms with Crippen molar-refractivity contribution < 1.29 is 9.47 Å². The standard InChI is InChI=1S/C4H9NO.C4H10O/c1-3-6-4-2-5-1;1-4(2)5-3/h5H,1-4H2;4H,1-3H3. The van der Waals surface area contributed by atoms with Crippen LogP contribution in [0.15, 0.2) is 0 Å². The first kappa shape index (κ1) is 10.9. The van der Waals surface area contributed by atoms with E-state index in [1.54, 1.807) is 7.11 Å². The zero-order valence-electron chi connectivity index (χ0n) is 7.72. The van der Waals surface area contributed by atoms with Crippen LogP contribution >= 0.6 is 0 Å². The molecule has 0 amide bonds. The molecule has 68 valence electrons. The number of nitrogens with one attached hydrogen (secondary N) is 1. The molecule has 0 aromatic rings. The minimum absolute atomic E-state index is 0.384. The van der Waals surface area contributed by atoms with Crippen molar-refractivity contribution in [2.75, 3.05) is 33.4 Å². The zero-order chi connectivity index (χ0) is 8.53. The molecule has 1 aliphatic rings. The number of methoxy groups -OCH3 is 1. The van der Waals surface area contributed by atoms with Gasteiger partial charge in [-0.15, -0.1) is 0 Å². The fourth-order valence-corrected chi connectivity index (χ4v) is 0.516. The van der Waals surface area contributed by atoms with Gasteiger partial charge >= 0.3 is 0 Å². The van der Waals surface area contributed by atoms with Gasteiger partial charge in [0, 0.05) is 20.2 Å². The van der Waals surface area contributed by atoms with Crippen molar-refractivity contribution >= 4 is 0 Å². The van der Waals surface area contributed by atoms with E-state index in [-0.39, 0.29) is 0 Å². The Bertz CT molecular complexity index is 61.0. The summed E-state index contributed by atoms with van der Waals surface area (Å²) in [5, 5.41) is 3.16. The molecule has 0 spiro atoms. The molecule has 0 radical (unpaired) electrons. The summed E-state index contributed by atoms with van der Waals surface area (Å²) >= 11 is 0. The third-order valence-electron chi connectivity index (χ3n) is 1.32. The topological polar surface area (TPSA) is 30.5 Å². The van der Waals surface area contributed by atoms with E-state index in [4.69, 9.17) is 9.47 Å². The molecule has 0 saturated carbocycles. The average molecular weight is 161 g/mol. The monoisotopic (exact) mass is 161 g/mol. The first-order valence-corrected chi connectivity index (χ1v) is 4.08. The van der Waals surface area contributed by atoms with E-state index < -0.39 is 0 Å². The van der Waals surface area contributed by atoms with E-state index in [1.807, 2.05) is 13.8 Å². The predicted octanol–water partition coefficient (Wildman–Crippen LogP) is 0.647. The van der Waals surface area contributed by atoms with Gasteiger partial charge in [-0.2, -0.15) is 0 Å². The molecule has 0 aliphatic carbocycles. The summed E-state index contributed by atoms with van der Waals surface area (Å²) in [5.41, 5.74) is 0. The van der Waals surface area contributed by atoms with Gasteiger partial charge in [-0.25, -0.2) is 0 Å². The van der Waals surface area contributed by atoms with Gasteiger partial charge in [0.05, 0.1) is 19.3 Å². The maximum atomic E-state index is 5.01. The summed E-state index contributed by atoms with van der Waals surface area (Å²) < 4.78 is 9.76. The van der Waals surface area contributed by atoms with Crippen LogP contribution in [0.2, 0.25) is 0 Å². The van der Waals surface area contributed by atoms with E-state index in [0.29, 0.717) is 6.10 Å². The Balaban J connectivity index is 0.000000187. The molecular weight excluding hydrogens is 142 g/mol. The highest BCUT2D eigenvalue weighted by Crippen LogP contribution is 1.78. The third-order valence-corrected chi connectivity index (χ3v) is 1.32. The number of morpholine rings is 1. The normalized spacial score (nSPS) is 17.5. The smallest absolute Gasteiger partial charge is 0.0591 e. The van der Waals surface area contributed by atoms with Gasteiger partial charge in [-0.3, -0.25) is 0 Å². The Kier molecular flexibility index (Phi) is 7.89. The summed E-state index contributed by atoms with van der Waals surface area (Å²) in [6.07, 6.45) is 0.384. The van der Waals surface area contributed by atoms with Gasteiger partial charge < -0.3 is 14.8 Å². The second kappa shape index (κ2) is 7.98. The molecule has 3 heteroatoms. The lowest BCUT2D eigenvalue weighted by molar-refractivity contribution is 0.109. The lowest BCUT2D eigenvalue weighted by Crippen LogP contribution is -2.30. The van der Waals surface area contributed by atoms with Crippen LogP contribution in [-0.4, -0.2) is 39.5 Å². The molecule has 0 bridgehead atoms. The second-order valence-electron chi connectivity index (χ2n) is 2.65. The molecule has 1 saturated heterocycles. The van der Waals surface area contributed by atoms with Gasteiger partial charge in [0.15, 0.2) is 0 Å². The Morgan fingerprint density at radius 3 is 1.82 bits per heavy atom. The summed E-state index contributed by atoms with van der Waals surface area (Å²) in [7, 11) is 1.70. The maximum absolute atomic E-state index is 5.01. The minimum Gasteiger partial charge on any atom is -0.382 e. The summed E-state index contributed by atoms with van der Waals surface area (Å²) in [6, 6.07) is 0. The molecule has 1 rings (SSSR count). The van der Waals surface area contributed by atoms with Crippen LogP contribution in [0.5, 0.6) is 0 Å². The number of ether oxygens (including phenoxy) is 2. The van der Waals surface area contributed by atoms with Crippen LogP contribution in [0.25, 0.3) is 0 Å². The second-order valence-corrected chi connectivity index (χ2v) is 2.65. The van der Waals surface area contributed by atoms with Crippen molar-refractivity contribution in [1.29, 1.82) is 0 Å². The highest BCUT2D eigenvalue weighted by Gasteiger charge is 1.92. The predicted molar refractivity (Wildman–Crippen MR) is 45.8 cm³/mol. The van der Waals surface area contributed by atoms with Gasteiger partial charge in [-0.05, 0) is 13.8 Å². The summed E-state index contributed by atoms with van der Waals surface area (Å²) in [6.45, 7) is 7.83. The van der Waals surface area contributed by atoms with Crippen LogP contribution < -0.4 is 5.32 Å². The summed E-state index contributed by atoms with van der Waals surface area (Å²) in [5.74, 6) is 0. The van der Waals surface area contributed by atoms with Crippen LogP contribution in [0.3, 0.4) is 0 Å². The number of rotatable bonds is 1. The van der Waals surface area contributed by atoms with Crippen molar-refractivity contribution in [3.05, 3.63) is 0 Å². The summed E-state index contributed by atoms with van der Waals surface area (Å²) in [4.78, 5) is 0. The fraction of sp³-hybridized carbons (Fsp3) is 1.00. The van der Waals surface area contributed by atoms with Gasteiger partial charge in [-0.1, -0.05) is 0 Å². The fourth-order valence-electron chi connectivity index (χ4n) is 0.516. The molecule has 11 heavy (non-hydrogen) atoms. The van der Waals surface area contributed by atoms with Crippen molar-refractivity contribution in [2.24, 2.45) is 0 Å². The minimum atomic E-state index is 0.384. The highest BCUT2D eigenvalue weighted by molar-refractivity contribution is 4.49. The van der Waals surface area contributed by atoms with Crippen LogP contribution in [0, 0.1) is 0 Å². The highest BCUT2D eigenvalue weighted by atomic mass is 16.5. The number of hydrogen-bond donors (Lipinski definition) is 1.